The van der Waals surface area contributed by atoms with Crippen LogP contribution in [0.3, 0.4) is 0 Å². The van der Waals surface area contributed by atoms with Crippen LogP contribution in [0.25, 0.3) is 5.69 Å². The maximum Gasteiger partial charge on any atom is 0.273 e. The number of ether oxygens (including phenoxy) is 1. The molecule has 4 rings (SSSR count). The summed E-state index contributed by atoms with van der Waals surface area (Å²) < 4.78 is 21.0. The molecule has 1 atom stereocenters. The molecular formula is C26H29FN4O3S. The van der Waals surface area contributed by atoms with E-state index in [0.29, 0.717) is 29.7 Å². The number of thioether (sulfide) groups is 1. The maximum atomic E-state index is 13.8. The fourth-order valence-corrected chi connectivity index (χ4v) is 4.68. The Morgan fingerprint density at radius 2 is 2.00 bits per heavy atom. The van der Waals surface area contributed by atoms with Gasteiger partial charge in [0.1, 0.15) is 18.1 Å². The highest BCUT2D eigenvalue weighted by Gasteiger charge is 2.28. The predicted octanol–water partition coefficient (Wildman–Crippen LogP) is 4.61. The minimum Gasteiger partial charge on any atom is -0.376 e. The Labute approximate surface area is 208 Å². The first-order valence-electron chi connectivity index (χ1n) is 11.5. The third-order valence-corrected chi connectivity index (χ3v) is 6.82. The summed E-state index contributed by atoms with van der Waals surface area (Å²) in [6.07, 6.45) is 4.98. The first-order chi connectivity index (χ1) is 16.9. The number of aromatic nitrogens is 2. The fourth-order valence-electron chi connectivity index (χ4n) is 4.13. The van der Waals surface area contributed by atoms with E-state index in [1.807, 2.05) is 38.3 Å². The highest BCUT2D eigenvalue weighted by Crippen LogP contribution is 2.24. The number of hydrogen-bond donors (Lipinski definition) is 1. The van der Waals surface area contributed by atoms with Gasteiger partial charge in [-0.3, -0.25) is 14.2 Å². The van der Waals surface area contributed by atoms with Crippen LogP contribution < -0.4 is 5.32 Å². The number of imidazole rings is 1. The molecule has 2 heterocycles. The van der Waals surface area contributed by atoms with Crippen LogP contribution in [0, 0.1) is 19.7 Å². The molecule has 0 radical (unpaired) electrons. The lowest BCUT2D eigenvalue weighted by atomic mass is 10.1. The lowest BCUT2D eigenvalue weighted by molar-refractivity contribution is -0.117. The Morgan fingerprint density at radius 1 is 1.23 bits per heavy atom. The average molecular weight is 497 g/mol. The average Bonchev–Trinajstić information content (AvgIpc) is 3.51. The predicted molar refractivity (Wildman–Crippen MR) is 135 cm³/mol. The van der Waals surface area contributed by atoms with Crippen molar-refractivity contribution in [2.24, 2.45) is 0 Å². The molecule has 7 nitrogen and oxygen atoms in total. The number of hydrogen-bond acceptors (Lipinski definition) is 5. The van der Waals surface area contributed by atoms with Gasteiger partial charge in [0.25, 0.3) is 5.91 Å². The number of nitrogens with zero attached hydrogens (tertiary/aromatic N) is 3. The SMILES string of the molecule is CSc1ncc(C(=O)N(CC(=O)Nc2cccc(C)c2C)CC2CCCO2)n1-c1ccc(F)cc1. The van der Waals surface area contributed by atoms with Crippen LogP contribution in [-0.2, 0) is 9.53 Å². The van der Waals surface area contributed by atoms with E-state index in [-0.39, 0.29) is 30.3 Å². The van der Waals surface area contributed by atoms with Crippen molar-refractivity contribution in [3.63, 3.8) is 0 Å². The van der Waals surface area contributed by atoms with Gasteiger partial charge < -0.3 is 15.0 Å². The van der Waals surface area contributed by atoms with Crippen LogP contribution in [0.4, 0.5) is 10.1 Å². The summed E-state index contributed by atoms with van der Waals surface area (Å²) in [5.74, 6) is -0.993. The van der Waals surface area contributed by atoms with Gasteiger partial charge in [-0.15, -0.1) is 0 Å². The number of halogens is 1. The Hall–Kier alpha value is -3.17. The fraction of sp³-hybridized carbons (Fsp3) is 0.346. The van der Waals surface area contributed by atoms with Crippen molar-refractivity contribution in [1.82, 2.24) is 14.5 Å². The second-order valence-electron chi connectivity index (χ2n) is 8.56. The van der Waals surface area contributed by atoms with E-state index in [9.17, 15) is 14.0 Å². The van der Waals surface area contributed by atoms with Crippen LogP contribution in [0.2, 0.25) is 0 Å². The number of carbonyl (C=O) groups excluding carboxylic acids is 2. The lowest BCUT2D eigenvalue weighted by Gasteiger charge is -2.25. The number of rotatable bonds is 8. The summed E-state index contributed by atoms with van der Waals surface area (Å²) in [6, 6.07) is 11.6. The smallest absolute Gasteiger partial charge is 0.273 e. The molecule has 1 aliphatic rings. The molecule has 1 aliphatic heterocycles. The summed E-state index contributed by atoms with van der Waals surface area (Å²) >= 11 is 1.38. The lowest BCUT2D eigenvalue weighted by Crippen LogP contribution is -2.43. The van der Waals surface area contributed by atoms with Crippen molar-refractivity contribution in [2.45, 2.75) is 37.9 Å². The first kappa shape index (κ1) is 24.9. The number of anilines is 1. The quantitative estimate of drug-likeness (QED) is 0.461. The van der Waals surface area contributed by atoms with Gasteiger partial charge in [-0.25, -0.2) is 9.37 Å². The third kappa shape index (κ3) is 5.74. The summed E-state index contributed by atoms with van der Waals surface area (Å²) in [7, 11) is 0. The molecule has 1 unspecified atom stereocenters. The molecule has 1 fully saturated rings. The second-order valence-corrected chi connectivity index (χ2v) is 9.33. The van der Waals surface area contributed by atoms with E-state index in [1.54, 1.807) is 16.7 Å². The van der Waals surface area contributed by atoms with Crippen LogP contribution in [0.5, 0.6) is 0 Å². The van der Waals surface area contributed by atoms with Crippen molar-refractivity contribution in [3.8, 4) is 5.69 Å². The van der Waals surface area contributed by atoms with Gasteiger partial charge in [-0.2, -0.15) is 0 Å². The van der Waals surface area contributed by atoms with Crippen LogP contribution in [-0.4, -0.2) is 58.3 Å². The summed E-state index contributed by atoms with van der Waals surface area (Å²) in [4.78, 5) is 32.7. The number of benzene rings is 2. The van der Waals surface area contributed by atoms with Gasteiger partial charge >= 0.3 is 0 Å². The molecule has 1 aromatic heterocycles. The van der Waals surface area contributed by atoms with Crippen molar-refractivity contribution >= 4 is 29.3 Å². The summed E-state index contributed by atoms with van der Waals surface area (Å²) in [5, 5.41) is 3.53. The third-order valence-electron chi connectivity index (χ3n) is 6.16. The number of carbonyl (C=O) groups is 2. The molecule has 184 valence electrons. The van der Waals surface area contributed by atoms with Crippen molar-refractivity contribution in [3.05, 3.63) is 71.3 Å². The van der Waals surface area contributed by atoms with E-state index in [1.165, 1.54) is 35.0 Å². The van der Waals surface area contributed by atoms with Crippen LogP contribution in [0.15, 0.2) is 53.8 Å². The molecule has 35 heavy (non-hydrogen) atoms. The van der Waals surface area contributed by atoms with E-state index >= 15 is 0 Å². The normalized spacial score (nSPS) is 15.3. The Morgan fingerprint density at radius 3 is 2.69 bits per heavy atom. The highest BCUT2D eigenvalue weighted by molar-refractivity contribution is 7.98. The van der Waals surface area contributed by atoms with Gasteiger partial charge in [0.05, 0.1) is 12.3 Å². The number of aryl methyl sites for hydroxylation is 1. The minimum absolute atomic E-state index is 0.130. The topological polar surface area (TPSA) is 76.5 Å². The molecular weight excluding hydrogens is 467 g/mol. The molecule has 9 heteroatoms. The van der Waals surface area contributed by atoms with E-state index in [2.05, 4.69) is 10.3 Å². The molecule has 3 aromatic rings. The molecule has 0 saturated carbocycles. The largest absolute Gasteiger partial charge is 0.376 e. The van der Waals surface area contributed by atoms with Gasteiger partial charge in [-0.1, -0.05) is 23.9 Å². The monoisotopic (exact) mass is 496 g/mol. The van der Waals surface area contributed by atoms with Gasteiger partial charge in [0.2, 0.25) is 5.91 Å². The molecule has 0 aliphatic carbocycles. The zero-order chi connectivity index (χ0) is 24.9. The first-order valence-corrected chi connectivity index (χ1v) is 12.7. The highest BCUT2D eigenvalue weighted by atomic mass is 32.2. The zero-order valence-electron chi connectivity index (χ0n) is 20.1. The molecule has 1 N–H and O–H groups in total. The minimum atomic E-state index is -0.365. The standard InChI is InChI=1S/C26H29FN4O3S/c1-17-6-4-8-22(18(17)2)29-24(32)16-30(15-21-7-5-13-34-21)25(33)23-14-28-26(35-3)31(23)20-11-9-19(27)10-12-20/h4,6,8-12,14,21H,5,7,13,15-16H2,1-3H3,(H,29,32). The molecule has 2 aromatic carbocycles. The van der Waals surface area contributed by atoms with Crippen molar-refractivity contribution in [1.29, 1.82) is 0 Å². The van der Waals surface area contributed by atoms with Crippen molar-refractivity contribution < 1.29 is 18.7 Å². The molecule has 1 saturated heterocycles. The molecule has 0 spiro atoms. The Balaban J connectivity index is 1.62. The van der Waals surface area contributed by atoms with Gasteiger partial charge in [0, 0.05) is 24.5 Å². The number of amides is 2. The zero-order valence-corrected chi connectivity index (χ0v) is 20.9. The summed E-state index contributed by atoms with van der Waals surface area (Å²) in [6.45, 7) is 4.74. The van der Waals surface area contributed by atoms with Gasteiger partial charge in [0.15, 0.2) is 5.16 Å². The summed E-state index contributed by atoms with van der Waals surface area (Å²) in [5.41, 5.74) is 3.70. The van der Waals surface area contributed by atoms with Crippen LogP contribution in [0.1, 0.15) is 34.5 Å². The Kier molecular flexibility index (Phi) is 7.87. The van der Waals surface area contributed by atoms with Gasteiger partial charge in [-0.05, 0) is 74.4 Å². The molecule has 2 amide bonds. The maximum absolute atomic E-state index is 13.8. The second kappa shape index (κ2) is 11.0. The van der Waals surface area contributed by atoms with Crippen molar-refractivity contribution in [2.75, 3.05) is 31.3 Å². The molecule has 0 bridgehead atoms. The Bertz CT molecular complexity index is 1210. The van der Waals surface area contributed by atoms with Crippen LogP contribution >= 0.6 is 11.8 Å². The van der Waals surface area contributed by atoms with E-state index in [4.69, 9.17) is 4.74 Å². The number of nitrogens with one attached hydrogen (secondary N) is 1. The van der Waals surface area contributed by atoms with E-state index in [0.717, 1.165) is 29.7 Å². The van der Waals surface area contributed by atoms with E-state index < -0.39 is 0 Å².